The second kappa shape index (κ2) is 10.0. The first-order valence-corrected chi connectivity index (χ1v) is 10.9. The molecule has 0 radical (unpaired) electrons. The molecule has 6 nitrogen and oxygen atoms in total. The molecule has 3 rings (SSSR count). The van der Waals surface area contributed by atoms with Crippen LogP contribution in [-0.4, -0.2) is 42.3 Å². The molecule has 1 heterocycles. The summed E-state index contributed by atoms with van der Waals surface area (Å²) in [5, 5.41) is 6.78. The molecule has 0 aliphatic rings. The summed E-state index contributed by atoms with van der Waals surface area (Å²) in [6.45, 7) is 2.86. The van der Waals surface area contributed by atoms with Crippen molar-refractivity contribution >= 4 is 55.8 Å². The normalized spacial score (nSPS) is 11.1. The zero-order chi connectivity index (χ0) is 21.7. The van der Waals surface area contributed by atoms with Crippen molar-refractivity contribution in [3.05, 3.63) is 52.5 Å². The molecule has 158 valence electrons. The number of anilines is 2. The molecule has 1 aromatic heterocycles. The molecule has 0 saturated heterocycles. The Morgan fingerprint density at radius 3 is 2.67 bits per heavy atom. The summed E-state index contributed by atoms with van der Waals surface area (Å²) >= 11 is 7.56. The fourth-order valence-corrected chi connectivity index (χ4v) is 4.18. The van der Waals surface area contributed by atoms with Crippen molar-refractivity contribution in [2.24, 2.45) is 0 Å². The van der Waals surface area contributed by atoms with E-state index >= 15 is 0 Å². The third-order valence-corrected chi connectivity index (χ3v) is 5.87. The Hall–Kier alpha value is -2.48. The van der Waals surface area contributed by atoms with Crippen LogP contribution in [-0.2, 0) is 4.79 Å². The number of rotatable bonds is 8. The number of aryl methyl sites for hydroxylation is 1. The number of amides is 2. The molecule has 2 aromatic carbocycles. The van der Waals surface area contributed by atoms with E-state index in [0.29, 0.717) is 27.8 Å². The van der Waals surface area contributed by atoms with Gasteiger partial charge in [-0.25, -0.2) is 4.98 Å². The Bertz CT molecular complexity index is 1040. The lowest BCUT2D eigenvalue weighted by Crippen LogP contribution is -2.15. The third kappa shape index (κ3) is 5.78. The highest BCUT2D eigenvalue weighted by Gasteiger charge is 2.13. The first kappa shape index (κ1) is 22.2. The van der Waals surface area contributed by atoms with Crippen molar-refractivity contribution in [3.63, 3.8) is 0 Å². The van der Waals surface area contributed by atoms with Crippen molar-refractivity contribution in [2.75, 3.05) is 31.3 Å². The van der Waals surface area contributed by atoms with E-state index in [9.17, 15) is 9.59 Å². The van der Waals surface area contributed by atoms with Crippen LogP contribution in [0, 0.1) is 6.92 Å². The van der Waals surface area contributed by atoms with Crippen molar-refractivity contribution in [3.8, 4) is 0 Å². The summed E-state index contributed by atoms with van der Waals surface area (Å²) in [6, 6.07) is 10.8. The smallest absolute Gasteiger partial charge is 0.255 e. The number of nitrogens with one attached hydrogen (secondary N) is 2. The molecule has 0 fully saturated rings. The number of aromatic nitrogens is 1. The van der Waals surface area contributed by atoms with Gasteiger partial charge in [0.25, 0.3) is 5.91 Å². The molecular formula is C22H25ClN4O2S. The average molecular weight is 445 g/mol. The molecule has 0 atom stereocenters. The number of hydrogen-bond acceptors (Lipinski definition) is 5. The van der Waals surface area contributed by atoms with E-state index in [1.807, 2.05) is 33.2 Å². The number of carbonyl (C=O) groups excluding carboxylic acids is 2. The number of fused-ring (bicyclic) bond motifs is 1. The summed E-state index contributed by atoms with van der Waals surface area (Å²) < 4.78 is 0.835. The van der Waals surface area contributed by atoms with Crippen LogP contribution in [0.25, 0.3) is 10.2 Å². The maximum Gasteiger partial charge on any atom is 0.255 e. The van der Waals surface area contributed by atoms with Gasteiger partial charge in [-0.15, -0.1) is 0 Å². The number of halogens is 1. The Labute approximate surface area is 185 Å². The molecule has 0 aliphatic heterocycles. The molecule has 0 aliphatic carbocycles. The maximum absolute atomic E-state index is 12.7. The van der Waals surface area contributed by atoms with Crippen molar-refractivity contribution < 1.29 is 9.59 Å². The lowest BCUT2D eigenvalue weighted by molar-refractivity contribution is -0.116. The largest absolute Gasteiger partial charge is 0.320 e. The van der Waals surface area contributed by atoms with Gasteiger partial charge in [0.2, 0.25) is 5.91 Å². The summed E-state index contributed by atoms with van der Waals surface area (Å²) in [7, 11) is 4.04. The second-order valence-corrected chi connectivity index (χ2v) is 8.83. The van der Waals surface area contributed by atoms with Crippen LogP contribution in [0.5, 0.6) is 0 Å². The summed E-state index contributed by atoms with van der Waals surface area (Å²) in [4.78, 5) is 31.4. The van der Waals surface area contributed by atoms with E-state index in [1.165, 1.54) is 11.3 Å². The number of benzene rings is 2. The van der Waals surface area contributed by atoms with Gasteiger partial charge in [-0.2, -0.15) is 0 Å². The number of hydrogen-bond donors (Lipinski definition) is 2. The quantitative estimate of drug-likeness (QED) is 0.469. The minimum atomic E-state index is -0.243. The van der Waals surface area contributed by atoms with E-state index in [0.717, 1.165) is 35.2 Å². The van der Waals surface area contributed by atoms with Crippen molar-refractivity contribution in [1.29, 1.82) is 0 Å². The zero-order valence-electron chi connectivity index (χ0n) is 17.3. The van der Waals surface area contributed by atoms with Gasteiger partial charge in [0.1, 0.15) is 0 Å². The van der Waals surface area contributed by atoms with Gasteiger partial charge in [-0.3, -0.25) is 9.59 Å². The van der Waals surface area contributed by atoms with Gasteiger partial charge in [0, 0.05) is 12.0 Å². The van der Waals surface area contributed by atoms with Gasteiger partial charge in [-0.05, 0) is 70.2 Å². The number of carbonyl (C=O) groups is 2. The molecule has 2 N–H and O–H groups in total. The minimum absolute atomic E-state index is 0.0417. The Morgan fingerprint density at radius 2 is 1.93 bits per heavy atom. The first-order valence-electron chi connectivity index (χ1n) is 9.75. The van der Waals surface area contributed by atoms with E-state index < -0.39 is 0 Å². The van der Waals surface area contributed by atoms with Crippen LogP contribution in [0.4, 0.5) is 10.8 Å². The topological polar surface area (TPSA) is 74.3 Å². The standard InChI is InChI=1S/C22H25ClN4O2S/c1-14-7-6-8-16(23)20(14)26-21(29)15-10-11-17-18(13-15)30-22(24-17)25-19(28)9-4-5-12-27(2)3/h6-8,10-11,13H,4-5,9,12H2,1-3H3,(H,26,29)(H,24,25,28). The Morgan fingerprint density at radius 1 is 1.13 bits per heavy atom. The molecule has 3 aromatic rings. The summed E-state index contributed by atoms with van der Waals surface area (Å²) in [6.07, 6.45) is 2.28. The van der Waals surface area contributed by atoms with Gasteiger partial charge in [-0.1, -0.05) is 35.1 Å². The number of para-hydroxylation sites is 1. The fraction of sp³-hybridized carbons (Fsp3) is 0.318. The average Bonchev–Trinajstić information content (AvgIpc) is 3.09. The highest BCUT2D eigenvalue weighted by Crippen LogP contribution is 2.29. The van der Waals surface area contributed by atoms with Crippen LogP contribution in [0.3, 0.4) is 0 Å². The van der Waals surface area contributed by atoms with E-state index in [1.54, 1.807) is 24.3 Å². The van der Waals surface area contributed by atoms with E-state index in [-0.39, 0.29) is 11.8 Å². The molecule has 0 unspecified atom stereocenters. The molecule has 30 heavy (non-hydrogen) atoms. The van der Waals surface area contributed by atoms with Crippen LogP contribution in [0.1, 0.15) is 35.2 Å². The van der Waals surface area contributed by atoms with Gasteiger partial charge < -0.3 is 15.5 Å². The SMILES string of the molecule is Cc1cccc(Cl)c1NC(=O)c1ccc2nc(NC(=O)CCCCN(C)C)sc2c1. The van der Waals surface area contributed by atoms with E-state index in [2.05, 4.69) is 20.5 Å². The molecule has 0 saturated carbocycles. The Balaban J connectivity index is 1.65. The fourth-order valence-electron chi connectivity index (χ4n) is 2.99. The van der Waals surface area contributed by atoms with Gasteiger partial charge in [0.05, 0.1) is 20.9 Å². The zero-order valence-corrected chi connectivity index (χ0v) is 18.9. The van der Waals surface area contributed by atoms with E-state index in [4.69, 9.17) is 11.6 Å². The molecule has 2 amide bonds. The lowest BCUT2D eigenvalue weighted by Gasteiger charge is -2.10. The van der Waals surface area contributed by atoms with Gasteiger partial charge >= 0.3 is 0 Å². The number of unbranched alkanes of at least 4 members (excludes halogenated alkanes) is 1. The summed E-state index contributed by atoms with van der Waals surface area (Å²) in [5.41, 5.74) is 2.75. The molecular weight excluding hydrogens is 420 g/mol. The lowest BCUT2D eigenvalue weighted by atomic mass is 10.1. The highest BCUT2D eigenvalue weighted by atomic mass is 35.5. The van der Waals surface area contributed by atoms with Crippen molar-refractivity contribution in [1.82, 2.24) is 9.88 Å². The molecule has 8 heteroatoms. The Kier molecular flexibility index (Phi) is 7.42. The van der Waals surface area contributed by atoms with Crippen LogP contribution >= 0.6 is 22.9 Å². The third-order valence-electron chi connectivity index (χ3n) is 4.62. The van der Waals surface area contributed by atoms with Crippen molar-refractivity contribution in [2.45, 2.75) is 26.2 Å². The maximum atomic E-state index is 12.7. The van der Waals surface area contributed by atoms with Crippen LogP contribution in [0.2, 0.25) is 5.02 Å². The van der Waals surface area contributed by atoms with Crippen LogP contribution < -0.4 is 10.6 Å². The highest BCUT2D eigenvalue weighted by molar-refractivity contribution is 7.22. The minimum Gasteiger partial charge on any atom is -0.320 e. The monoisotopic (exact) mass is 444 g/mol. The van der Waals surface area contributed by atoms with Crippen LogP contribution in [0.15, 0.2) is 36.4 Å². The second-order valence-electron chi connectivity index (χ2n) is 7.40. The predicted octanol–water partition coefficient (Wildman–Crippen LogP) is 5.18. The molecule has 0 spiro atoms. The predicted molar refractivity (Wildman–Crippen MR) is 125 cm³/mol. The summed E-state index contributed by atoms with van der Waals surface area (Å²) in [5.74, 6) is -0.284. The van der Waals surface area contributed by atoms with Gasteiger partial charge in [0.15, 0.2) is 5.13 Å². The molecule has 0 bridgehead atoms. The number of nitrogens with zero attached hydrogens (tertiary/aromatic N) is 2. The first-order chi connectivity index (χ1) is 14.3. The number of thiazole rings is 1.